The van der Waals surface area contributed by atoms with E-state index in [0.29, 0.717) is 35.9 Å². The molecule has 3 heterocycles. The summed E-state index contributed by atoms with van der Waals surface area (Å²) < 4.78 is 24.7. The molecule has 10 nitrogen and oxygen atoms in total. The Hall–Kier alpha value is -4.16. The smallest absolute Gasteiger partial charge is 0.247 e. The third kappa shape index (κ3) is 6.69. The number of ether oxygens (including phenoxy) is 2. The second-order valence-electron chi connectivity index (χ2n) is 9.31. The molecule has 2 amide bonds. The minimum absolute atomic E-state index is 0.0741. The number of carbonyl (C=O) groups is 2. The number of aromatic nitrogens is 4. The van der Waals surface area contributed by atoms with Crippen LogP contribution in [0.1, 0.15) is 29.3 Å². The third-order valence-electron chi connectivity index (χ3n) is 6.58. The van der Waals surface area contributed by atoms with Crippen LogP contribution in [0, 0.1) is 5.82 Å². The molecule has 208 valence electrons. The summed E-state index contributed by atoms with van der Waals surface area (Å²) in [4.78, 5) is 31.0. The molecule has 2 aromatic carbocycles. The van der Waals surface area contributed by atoms with Crippen molar-refractivity contribution in [3.8, 4) is 17.1 Å². The maximum absolute atomic E-state index is 13.8. The lowest BCUT2D eigenvalue weighted by atomic mass is 10.0. The van der Waals surface area contributed by atoms with Crippen LogP contribution in [0.15, 0.2) is 66.0 Å². The molecule has 1 N–H and O–H groups in total. The Bertz CT molecular complexity index is 1410. The summed E-state index contributed by atoms with van der Waals surface area (Å²) in [6.45, 7) is 0.916. The standard InChI is InChI=1S/C28H29FN6O4S/c1-38-22-12-8-20(9-13-22)27-31-33-35(32-27)18-25(36)34(17-24-5-3-15-40-24)26(19-6-10-21(29)11-7-19)28(37)30-16-23-4-2-14-39-23/h3,5-13,15,23,26H,2,4,14,16-18H2,1H3,(H,30,37)/t23-,26+/m0/s1. The highest BCUT2D eigenvalue weighted by molar-refractivity contribution is 7.09. The van der Waals surface area contributed by atoms with Gasteiger partial charge in [-0.15, -0.1) is 21.5 Å². The normalized spacial score (nSPS) is 15.5. The van der Waals surface area contributed by atoms with Crippen LogP contribution in [0.25, 0.3) is 11.4 Å². The average molecular weight is 565 g/mol. The van der Waals surface area contributed by atoms with Crippen molar-refractivity contribution in [3.05, 3.63) is 82.3 Å². The van der Waals surface area contributed by atoms with Gasteiger partial charge in [0.1, 0.15) is 24.2 Å². The van der Waals surface area contributed by atoms with E-state index < -0.39 is 17.8 Å². The zero-order valence-corrected chi connectivity index (χ0v) is 22.7. The molecule has 0 aliphatic carbocycles. The van der Waals surface area contributed by atoms with Crippen LogP contribution in [0.5, 0.6) is 5.75 Å². The van der Waals surface area contributed by atoms with E-state index in [1.54, 1.807) is 31.4 Å². The lowest BCUT2D eigenvalue weighted by molar-refractivity contribution is -0.142. The molecule has 2 atom stereocenters. The number of carbonyl (C=O) groups excluding carboxylic acids is 2. The number of tetrazole rings is 1. The highest BCUT2D eigenvalue weighted by atomic mass is 32.1. The van der Waals surface area contributed by atoms with E-state index in [1.165, 1.54) is 45.3 Å². The fourth-order valence-corrected chi connectivity index (χ4v) is 5.21. The minimum Gasteiger partial charge on any atom is -0.497 e. The molecule has 0 saturated carbocycles. The van der Waals surface area contributed by atoms with Crippen molar-refractivity contribution in [2.45, 2.75) is 38.1 Å². The Morgan fingerprint density at radius 2 is 2.00 bits per heavy atom. The van der Waals surface area contributed by atoms with Gasteiger partial charge in [0.25, 0.3) is 0 Å². The maximum Gasteiger partial charge on any atom is 0.247 e. The van der Waals surface area contributed by atoms with Gasteiger partial charge in [0.05, 0.1) is 19.8 Å². The number of thiophene rings is 1. The van der Waals surface area contributed by atoms with Gasteiger partial charge in [-0.2, -0.15) is 4.80 Å². The van der Waals surface area contributed by atoms with Crippen molar-refractivity contribution in [1.29, 1.82) is 0 Å². The first-order chi connectivity index (χ1) is 19.5. The van der Waals surface area contributed by atoms with Gasteiger partial charge in [-0.3, -0.25) is 9.59 Å². The van der Waals surface area contributed by atoms with Gasteiger partial charge in [-0.1, -0.05) is 18.2 Å². The van der Waals surface area contributed by atoms with Gasteiger partial charge in [0.15, 0.2) is 0 Å². The molecule has 1 saturated heterocycles. The lowest BCUT2D eigenvalue weighted by Crippen LogP contribution is -2.46. The van der Waals surface area contributed by atoms with Gasteiger partial charge in [0.2, 0.25) is 17.6 Å². The Morgan fingerprint density at radius 1 is 1.20 bits per heavy atom. The van der Waals surface area contributed by atoms with E-state index in [-0.39, 0.29) is 25.1 Å². The molecule has 2 aromatic heterocycles. The Kier molecular flexibility index (Phi) is 8.77. The summed E-state index contributed by atoms with van der Waals surface area (Å²) in [5.74, 6) is -0.160. The SMILES string of the molecule is COc1ccc(-c2nnn(CC(=O)N(Cc3cccs3)[C@@H](C(=O)NC[C@@H]3CCCO3)c3ccc(F)cc3)n2)cc1. The highest BCUT2D eigenvalue weighted by Crippen LogP contribution is 2.26. The van der Waals surface area contributed by atoms with E-state index in [0.717, 1.165) is 17.7 Å². The lowest BCUT2D eigenvalue weighted by Gasteiger charge is -2.31. The second-order valence-corrected chi connectivity index (χ2v) is 10.3. The first kappa shape index (κ1) is 27.4. The summed E-state index contributed by atoms with van der Waals surface area (Å²) in [5.41, 5.74) is 1.20. The van der Waals surface area contributed by atoms with Crippen LogP contribution in [0.3, 0.4) is 0 Å². The number of benzene rings is 2. The number of hydrogen-bond donors (Lipinski definition) is 1. The first-order valence-electron chi connectivity index (χ1n) is 12.9. The van der Waals surface area contributed by atoms with E-state index in [2.05, 4.69) is 20.7 Å². The number of rotatable bonds is 11. The molecule has 1 aliphatic rings. The predicted octanol–water partition coefficient (Wildman–Crippen LogP) is 3.61. The van der Waals surface area contributed by atoms with Gasteiger partial charge in [-0.25, -0.2) is 4.39 Å². The summed E-state index contributed by atoms with van der Waals surface area (Å²) in [5, 5.41) is 17.4. The van der Waals surface area contributed by atoms with E-state index in [1.807, 2.05) is 17.5 Å². The van der Waals surface area contributed by atoms with Crippen LogP contribution in [0.2, 0.25) is 0 Å². The predicted molar refractivity (Wildman–Crippen MR) is 146 cm³/mol. The van der Waals surface area contributed by atoms with Crippen LogP contribution < -0.4 is 10.1 Å². The number of hydrogen-bond acceptors (Lipinski definition) is 8. The summed E-state index contributed by atoms with van der Waals surface area (Å²) in [6.07, 6.45) is 1.72. The average Bonchev–Trinajstić information content (AvgIpc) is 3.76. The molecule has 0 spiro atoms. The first-order valence-corrected chi connectivity index (χ1v) is 13.8. The molecule has 4 aromatic rings. The molecule has 0 bridgehead atoms. The van der Waals surface area contributed by atoms with Crippen LogP contribution >= 0.6 is 11.3 Å². The van der Waals surface area contributed by atoms with Crippen molar-refractivity contribution in [1.82, 2.24) is 30.4 Å². The molecular weight excluding hydrogens is 535 g/mol. The summed E-state index contributed by atoms with van der Waals surface area (Å²) in [6, 6.07) is 15.5. The van der Waals surface area contributed by atoms with Crippen LogP contribution in [-0.4, -0.2) is 63.3 Å². The van der Waals surface area contributed by atoms with E-state index >= 15 is 0 Å². The molecule has 0 unspecified atom stereocenters. The van der Waals surface area contributed by atoms with Crippen molar-refractivity contribution >= 4 is 23.2 Å². The van der Waals surface area contributed by atoms with Crippen molar-refractivity contribution in [3.63, 3.8) is 0 Å². The highest BCUT2D eigenvalue weighted by Gasteiger charge is 2.33. The molecular formula is C28H29FN6O4S. The van der Waals surface area contributed by atoms with Crippen LogP contribution in [-0.2, 0) is 27.4 Å². The molecule has 5 rings (SSSR count). The van der Waals surface area contributed by atoms with Crippen molar-refractivity contribution in [2.24, 2.45) is 0 Å². The molecule has 12 heteroatoms. The molecule has 40 heavy (non-hydrogen) atoms. The van der Waals surface area contributed by atoms with E-state index in [4.69, 9.17) is 9.47 Å². The molecule has 1 aliphatic heterocycles. The molecule has 1 fully saturated rings. The summed E-state index contributed by atoms with van der Waals surface area (Å²) in [7, 11) is 1.58. The number of nitrogens with one attached hydrogen (secondary N) is 1. The van der Waals surface area contributed by atoms with Crippen molar-refractivity contribution in [2.75, 3.05) is 20.3 Å². The van der Waals surface area contributed by atoms with Gasteiger partial charge < -0.3 is 19.7 Å². The topological polar surface area (TPSA) is 111 Å². The zero-order valence-electron chi connectivity index (χ0n) is 21.9. The largest absolute Gasteiger partial charge is 0.497 e. The zero-order chi connectivity index (χ0) is 27.9. The quantitative estimate of drug-likeness (QED) is 0.296. The Labute approximate surface area is 234 Å². The second kappa shape index (κ2) is 12.8. The number of amides is 2. The third-order valence-corrected chi connectivity index (χ3v) is 7.44. The maximum atomic E-state index is 13.8. The van der Waals surface area contributed by atoms with E-state index in [9.17, 15) is 14.0 Å². The molecule has 0 radical (unpaired) electrons. The van der Waals surface area contributed by atoms with Crippen molar-refractivity contribution < 1.29 is 23.5 Å². The fraction of sp³-hybridized carbons (Fsp3) is 0.321. The number of methoxy groups -OCH3 is 1. The monoisotopic (exact) mass is 564 g/mol. The van der Waals surface area contributed by atoms with Crippen LogP contribution in [0.4, 0.5) is 4.39 Å². The van der Waals surface area contributed by atoms with Gasteiger partial charge >= 0.3 is 0 Å². The minimum atomic E-state index is -1.01. The fourth-order valence-electron chi connectivity index (χ4n) is 4.51. The summed E-state index contributed by atoms with van der Waals surface area (Å²) >= 11 is 1.47. The number of nitrogens with zero attached hydrogens (tertiary/aromatic N) is 5. The Morgan fingerprint density at radius 3 is 2.67 bits per heavy atom. The Balaban J connectivity index is 1.41. The van der Waals surface area contributed by atoms with Gasteiger partial charge in [0, 0.05) is 23.6 Å². The van der Waals surface area contributed by atoms with Gasteiger partial charge in [-0.05, 0) is 71.5 Å². The number of halogens is 1.